The monoisotopic (exact) mass is 390 g/mol. The highest BCUT2D eigenvalue weighted by Crippen LogP contribution is 2.31. The average Bonchev–Trinajstić information content (AvgIpc) is 2.67. The van der Waals surface area contributed by atoms with E-state index < -0.39 is 0 Å². The van der Waals surface area contributed by atoms with Gasteiger partial charge in [-0.25, -0.2) is 4.39 Å². The van der Waals surface area contributed by atoms with Gasteiger partial charge in [0.15, 0.2) is 5.78 Å². The van der Waals surface area contributed by atoms with E-state index in [4.69, 9.17) is 4.74 Å². The van der Waals surface area contributed by atoms with E-state index in [-0.39, 0.29) is 29.2 Å². The average molecular weight is 390 g/mol. The lowest BCUT2D eigenvalue weighted by Gasteiger charge is -2.46. The molecule has 0 radical (unpaired) electrons. The summed E-state index contributed by atoms with van der Waals surface area (Å²) in [6, 6.07) is 5.74. The number of ketones is 1. The van der Waals surface area contributed by atoms with Gasteiger partial charge in [-0.1, -0.05) is 13.8 Å². The summed E-state index contributed by atoms with van der Waals surface area (Å²) in [7, 11) is 0. The summed E-state index contributed by atoms with van der Waals surface area (Å²) in [5.41, 5.74) is 0.329. The van der Waals surface area contributed by atoms with E-state index in [1.54, 1.807) is 12.1 Å². The molecule has 28 heavy (non-hydrogen) atoms. The summed E-state index contributed by atoms with van der Waals surface area (Å²) in [6.07, 6.45) is 3.46. The van der Waals surface area contributed by atoms with Gasteiger partial charge in [0.1, 0.15) is 11.9 Å². The van der Waals surface area contributed by atoms with E-state index in [1.165, 1.54) is 12.1 Å². The Kier molecular flexibility index (Phi) is 6.83. The smallest absolute Gasteiger partial charge is 0.249 e. The number of morpholine rings is 1. The number of nitrogens with zero attached hydrogens (tertiary/aromatic N) is 1. The maximum absolute atomic E-state index is 13.0. The lowest BCUT2D eigenvalue weighted by molar-refractivity contribution is -0.172. The Balaban J connectivity index is 1.42. The van der Waals surface area contributed by atoms with Gasteiger partial charge in [-0.05, 0) is 62.4 Å². The molecule has 1 spiro atoms. The van der Waals surface area contributed by atoms with Crippen LogP contribution in [0.15, 0.2) is 24.3 Å². The summed E-state index contributed by atoms with van der Waals surface area (Å²) >= 11 is 0. The highest BCUT2D eigenvalue weighted by molar-refractivity contribution is 5.95. The van der Waals surface area contributed by atoms with Crippen molar-refractivity contribution in [1.29, 1.82) is 0 Å². The van der Waals surface area contributed by atoms with Gasteiger partial charge in [-0.15, -0.1) is 0 Å². The van der Waals surface area contributed by atoms with Crippen molar-refractivity contribution < 1.29 is 18.7 Å². The van der Waals surface area contributed by atoms with Crippen molar-refractivity contribution in [3.8, 4) is 0 Å². The molecule has 1 aromatic carbocycles. The van der Waals surface area contributed by atoms with E-state index in [2.05, 4.69) is 24.1 Å². The Hall–Kier alpha value is -1.79. The van der Waals surface area contributed by atoms with Crippen LogP contribution in [0.1, 0.15) is 56.3 Å². The van der Waals surface area contributed by atoms with Crippen molar-refractivity contribution in [3.05, 3.63) is 35.6 Å². The number of halogens is 1. The Labute approximate surface area is 166 Å². The van der Waals surface area contributed by atoms with Crippen LogP contribution in [-0.4, -0.2) is 54.5 Å². The number of amides is 1. The van der Waals surface area contributed by atoms with Gasteiger partial charge in [-0.2, -0.15) is 0 Å². The lowest BCUT2D eigenvalue weighted by atomic mass is 9.88. The van der Waals surface area contributed by atoms with Gasteiger partial charge in [0.25, 0.3) is 0 Å². The molecule has 2 fully saturated rings. The summed E-state index contributed by atoms with van der Waals surface area (Å²) in [5, 5.41) is 3.04. The van der Waals surface area contributed by atoms with Gasteiger partial charge < -0.3 is 15.0 Å². The maximum Gasteiger partial charge on any atom is 0.249 e. The number of likely N-dealkylation sites (tertiary alicyclic amines) is 1. The number of ether oxygens (including phenoxy) is 1. The summed E-state index contributed by atoms with van der Waals surface area (Å²) in [6.45, 7) is 7.49. The third-order valence-corrected chi connectivity index (χ3v) is 5.77. The van der Waals surface area contributed by atoms with Crippen LogP contribution < -0.4 is 5.32 Å². The van der Waals surface area contributed by atoms with Gasteiger partial charge in [0.2, 0.25) is 5.91 Å². The van der Waals surface area contributed by atoms with Crippen molar-refractivity contribution in [3.63, 3.8) is 0 Å². The van der Waals surface area contributed by atoms with E-state index in [9.17, 15) is 14.0 Å². The zero-order valence-corrected chi connectivity index (χ0v) is 16.9. The molecule has 1 amide bonds. The first-order chi connectivity index (χ1) is 13.4. The van der Waals surface area contributed by atoms with Gasteiger partial charge in [-0.3, -0.25) is 9.59 Å². The van der Waals surface area contributed by atoms with Gasteiger partial charge in [0.05, 0.1) is 5.60 Å². The van der Waals surface area contributed by atoms with Crippen molar-refractivity contribution in [1.82, 2.24) is 10.2 Å². The van der Waals surface area contributed by atoms with Gasteiger partial charge in [0, 0.05) is 31.6 Å². The zero-order valence-electron chi connectivity index (χ0n) is 16.9. The summed E-state index contributed by atoms with van der Waals surface area (Å²) in [5.74, 6) is 0.171. The first-order valence-corrected chi connectivity index (χ1v) is 10.3. The van der Waals surface area contributed by atoms with Crippen molar-refractivity contribution in [2.75, 3.05) is 26.2 Å². The molecule has 2 aliphatic heterocycles. The molecule has 1 aromatic rings. The number of hydrogen-bond acceptors (Lipinski definition) is 4. The van der Waals surface area contributed by atoms with Gasteiger partial charge >= 0.3 is 0 Å². The number of nitrogens with one attached hydrogen (secondary N) is 1. The SMILES string of the molecule is CC(C)CC1OC2(CCN(CCCC(=O)c3ccc(F)cc3)CC2)CNC1=O. The second kappa shape index (κ2) is 9.14. The molecule has 1 unspecified atom stereocenters. The Morgan fingerprint density at radius 1 is 1.29 bits per heavy atom. The topological polar surface area (TPSA) is 58.6 Å². The van der Waals surface area contributed by atoms with Crippen LogP contribution in [0.2, 0.25) is 0 Å². The van der Waals surface area contributed by atoms with Crippen LogP contribution in [-0.2, 0) is 9.53 Å². The molecule has 154 valence electrons. The van der Waals surface area contributed by atoms with Crippen molar-refractivity contribution in [2.24, 2.45) is 5.92 Å². The third-order valence-electron chi connectivity index (χ3n) is 5.77. The minimum Gasteiger partial charge on any atom is -0.360 e. The molecule has 0 aliphatic carbocycles. The fraction of sp³-hybridized carbons (Fsp3) is 0.636. The second-order valence-electron chi connectivity index (χ2n) is 8.51. The zero-order chi connectivity index (χ0) is 20.1. The minimum atomic E-state index is -0.339. The third kappa shape index (κ3) is 5.39. The maximum atomic E-state index is 13.0. The first kappa shape index (κ1) is 20.9. The molecule has 0 bridgehead atoms. The van der Waals surface area contributed by atoms with Crippen LogP contribution in [0.5, 0.6) is 0 Å². The van der Waals surface area contributed by atoms with E-state index in [1.807, 2.05) is 0 Å². The molecule has 3 rings (SSSR count). The second-order valence-corrected chi connectivity index (χ2v) is 8.51. The molecule has 2 aliphatic rings. The van der Waals surface area contributed by atoms with Crippen LogP contribution >= 0.6 is 0 Å². The quantitative estimate of drug-likeness (QED) is 0.727. The standard InChI is InChI=1S/C22H31FN2O3/c1-16(2)14-20-21(27)24-15-22(28-20)9-12-25(13-10-22)11-3-4-19(26)17-5-7-18(23)8-6-17/h5-8,16,20H,3-4,9-15H2,1-2H3,(H,24,27). The predicted octanol–water partition coefficient (Wildman–Crippen LogP) is 3.18. The fourth-order valence-electron chi connectivity index (χ4n) is 4.06. The van der Waals surface area contributed by atoms with Crippen molar-refractivity contribution >= 4 is 11.7 Å². The molecule has 2 heterocycles. The minimum absolute atomic E-state index is 0.0149. The Bertz CT molecular complexity index is 682. The number of carbonyl (C=O) groups excluding carboxylic acids is 2. The molecule has 0 aromatic heterocycles. The number of piperidine rings is 1. The largest absolute Gasteiger partial charge is 0.360 e. The molecular formula is C22H31FN2O3. The lowest BCUT2D eigenvalue weighted by Crippen LogP contribution is -2.60. The van der Waals surface area contributed by atoms with Crippen molar-refractivity contribution in [2.45, 2.75) is 57.7 Å². The number of carbonyl (C=O) groups is 2. The van der Waals surface area contributed by atoms with E-state index in [0.717, 1.165) is 45.3 Å². The molecule has 6 heteroatoms. The number of rotatable bonds is 7. The van der Waals surface area contributed by atoms with Crippen LogP contribution in [0.4, 0.5) is 4.39 Å². The molecule has 2 saturated heterocycles. The van der Waals surface area contributed by atoms with E-state index in [0.29, 0.717) is 24.4 Å². The fourth-order valence-corrected chi connectivity index (χ4v) is 4.06. The highest BCUT2D eigenvalue weighted by Gasteiger charge is 2.43. The Morgan fingerprint density at radius 3 is 2.61 bits per heavy atom. The normalized spacial score (nSPS) is 22.4. The molecule has 1 N–H and O–H groups in total. The molecule has 5 nitrogen and oxygen atoms in total. The molecule has 0 saturated carbocycles. The Morgan fingerprint density at radius 2 is 1.96 bits per heavy atom. The van der Waals surface area contributed by atoms with E-state index >= 15 is 0 Å². The highest BCUT2D eigenvalue weighted by atomic mass is 19.1. The van der Waals surface area contributed by atoms with Crippen LogP contribution in [0, 0.1) is 11.7 Å². The predicted molar refractivity (Wildman–Crippen MR) is 106 cm³/mol. The molecule has 1 atom stereocenters. The number of benzene rings is 1. The van der Waals surface area contributed by atoms with Crippen LogP contribution in [0.25, 0.3) is 0 Å². The summed E-state index contributed by atoms with van der Waals surface area (Å²) in [4.78, 5) is 26.6. The molecular weight excluding hydrogens is 359 g/mol. The first-order valence-electron chi connectivity index (χ1n) is 10.3. The number of hydrogen-bond donors (Lipinski definition) is 1. The summed E-state index contributed by atoms with van der Waals surface area (Å²) < 4.78 is 19.2. The number of Topliss-reactive ketones (excluding diaryl/α,β-unsaturated/α-hetero) is 1. The van der Waals surface area contributed by atoms with Crippen LogP contribution in [0.3, 0.4) is 0 Å².